The maximum Gasteiger partial charge on any atom is 0.235 e. The summed E-state index contributed by atoms with van der Waals surface area (Å²) in [5, 5.41) is 48.4. The fourth-order valence-electron chi connectivity index (χ4n) is 2.11. The molecule has 7 heteroatoms. The second-order valence-electron chi connectivity index (χ2n) is 4.62. The lowest BCUT2D eigenvalue weighted by molar-refractivity contribution is 0.396. The van der Waals surface area contributed by atoms with Crippen LogP contribution in [-0.2, 0) is 0 Å². The van der Waals surface area contributed by atoms with Gasteiger partial charge in [0.1, 0.15) is 11.5 Å². The summed E-state index contributed by atoms with van der Waals surface area (Å²) in [4.78, 5) is 12.1. The molecular weight excluding hydrogens is 292 g/mol. The summed E-state index contributed by atoms with van der Waals surface area (Å²) in [6.45, 7) is 0. The molecule has 3 rings (SSSR count). The van der Waals surface area contributed by atoms with Crippen LogP contribution < -0.4 is 5.43 Å². The highest BCUT2D eigenvalue weighted by molar-refractivity contribution is 5.88. The topological polar surface area (TPSA) is 131 Å². The van der Waals surface area contributed by atoms with Crippen LogP contribution in [0, 0.1) is 0 Å². The highest BCUT2D eigenvalue weighted by Crippen LogP contribution is 2.40. The third-order valence-corrected chi connectivity index (χ3v) is 3.21. The maximum atomic E-state index is 12.1. The van der Waals surface area contributed by atoms with Gasteiger partial charge in [-0.25, -0.2) is 0 Å². The lowest BCUT2D eigenvalue weighted by Crippen LogP contribution is -2.02. The number of hydrogen-bond acceptors (Lipinski definition) is 7. The first kappa shape index (κ1) is 13.6. The average molecular weight is 302 g/mol. The molecule has 3 aromatic rings. The largest absolute Gasteiger partial charge is 0.508 e. The van der Waals surface area contributed by atoms with Crippen LogP contribution in [0.25, 0.3) is 22.3 Å². The Morgan fingerprint density at radius 1 is 0.818 bits per heavy atom. The lowest BCUT2D eigenvalue weighted by atomic mass is 10.1. The van der Waals surface area contributed by atoms with Gasteiger partial charge in [-0.15, -0.1) is 0 Å². The van der Waals surface area contributed by atoms with E-state index < -0.39 is 28.4 Å². The zero-order chi connectivity index (χ0) is 16.0. The quantitative estimate of drug-likeness (QED) is 0.343. The zero-order valence-electron chi connectivity index (χ0n) is 10.9. The molecule has 2 aromatic carbocycles. The molecule has 7 nitrogen and oxygen atoms in total. The predicted molar refractivity (Wildman–Crippen MR) is 76.2 cm³/mol. The molecule has 5 N–H and O–H groups in total. The number of phenolic OH excluding ortho intramolecular Hbond substituents is 4. The van der Waals surface area contributed by atoms with Gasteiger partial charge in [-0.05, 0) is 30.3 Å². The van der Waals surface area contributed by atoms with Crippen LogP contribution >= 0.6 is 0 Å². The molecule has 0 atom stereocenters. The molecule has 0 fully saturated rings. The summed E-state index contributed by atoms with van der Waals surface area (Å²) in [5.74, 6) is -2.99. The van der Waals surface area contributed by atoms with Gasteiger partial charge < -0.3 is 29.9 Å². The van der Waals surface area contributed by atoms with Crippen molar-refractivity contribution in [2.24, 2.45) is 0 Å². The van der Waals surface area contributed by atoms with Gasteiger partial charge >= 0.3 is 0 Å². The van der Waals surface area contributed by atoms with Gasteiger partial charge in [-0.3, -0.25) is 4.79 Å². The van der Waals surface area contributed by atoms with E-state index in [4.69, 9.17) is 4.42 Å². The van der Waals surface area contributed by atoms with Gasteiger partial charge in [-0.2, -0.15) is 0 Å². The molecule has 0 saturated carbocycles. The standard InChI is InChI=1S/C15H10O7/c16-6-1-3-9(17)8(5-6)15-13(21)11(19)7-2-4-10(18)12(20)14(7)22-15/h1-5,16-18,20-21H. The third kappa shape index (κ3) is 1.87. The summed E-state index contributed by atoms with van der Waals surface area (Å²) in [6.07, 6.45) is 0. The van der Waals surface area contributed by atoms with E-state index in [0.29, 0.717) is 0 Å². The minimum Gasteiger partial charge on any atom is -0.508 e. The van der Waals surface area contributed by atoms with Crippen molar-refractivity contribution < 1.29 is 29.9 Å². The summed E-state index contributed by atoms with van der Waals surface area (Å²) in [5.41, 5.74) is -1.34. The highest BCUT2D eigenvalue weighted by atomic mass is 16.4. The van der Waals surface area contributed by atoms with Crippen LogP contribution in [0.3, 0.4) is 0 Å². The summed E-state index contributed by atoms with van der Waals surface area (Å²) in [6, 6.07) is 5.70. The average Bonchev–Trinajstić information content (AvgIpc) is 2.49. The molecule has 0 aliphatic carbocycles. The molecular formula is C15H10O7. The molecule has 0 radical (unpaired) electrons. The van der Waals surface area contributed by atoms with E-state index >= 15 is 0 Å². The third-order valence-electron chi connectivity index (χ3n) is 3.21. The Bertz CT molecular complexity index is 956. The van der Waals surface area contributed by atoms with Gasteiger partial charge in [-0.1, -0.05) is 0 Å². The Balaban J connectivity index is 2.45. The first-order valence-corrected chi connectivity index (χ1v) is 6.13. The van der Waals surface area contributed by atoms with E-state index in [1.54, 1.807) is 0 Å². The minimum absolute atomic E-state index is 0.140. The monoisotopic (exact) mass is 302 g/mol. The number of aromatic hydroxyl groups is 5. The van der Waals surface area contributed by atoms with Crippen LogP contribution in [0.1, 0.15) is 0 Å². The van der Waals surface area contributed by atoms with E-state index in [0.717, 1.165) is 18.2 Å². The van der Waals surface area contributed by atoms with Crippen molar-refractivity contribution in [2.45, 2.75) is 0 Å². The smallest absolute Gasteiger partial charge is 0.235 e. The Morgan fingerprint density at radius 3 is 2.23 bits per heavy atom. The highest BCUT2D eigenvalue weighted by Gasteiger charge is 2.21. The zero-order valence-corrected chi connectivity index (χ0v) is 10.9. The van der Waals surface area contributed by atoms with E-state index in [2.05, 4.69) is 0 Å². The number of rotatable bonds is 1. The van der Waals surface area contributed by atoms with Gasteiger partial charge in [0.2, 0.25) is 16.9 Å². The molecule has 0 unspecified atom stereocenters. The van der Waals surface area contributed by atoms with Crippen LogP contribution in [0.4, 0.5) is 0 Å². The van der Waals surface area contributed by atoms with E-state index in [9.17, 15) is 30.3 Å². The van der Waals surface area contributed by atoms with Crippen molar-refractivity contribution in [3.63, 3.8) is 0 Å². The van der Waals surface area contributed by atoms with Crippen molar-refractivity contribution in [1.29, 1.82) is 0 Å². The molecule has 0 bridgehead atoms. The molecule has 0 amide bonds. The van der Waals surface area contributed by atoms with E-state index in [-0.39, 0.29) is 28.0 Å². The fraction of sp³-hybridized carbons (Fsp3) is 0. The normalized spacial score (nSPS) is 10.9. The predicted octanol–water partition coefficient (Wildman–Crippen LogP) is 1.99. The number of fused-ring (bicyclic) bond motifs is 1. The first-order valence-electron chi connectivity index (χ1n) is 6.13. The number of benzene rings is 2. The van der Waals surface area contributed by atoms with Crippen molar-refractivity contribution in [3.8, 4) is 40.1 Å². The van der Waals surface area contributed by atoms with Gasteiger partial charge in [0.05, 0.1) is 10.9 Å². The van der Waals surface area contributed by atoms with E-state index in [1.807, 2.05) is 0 Å². The van der Waals surface area contributed by atoms with Gasteiger partial charge in [0, 0.05) is 0 Å². The van der Waals surface area contributed by atoms with Gasteiger partial charge in [0.15, 0.2) is 17.1 Å². The molecule has 0 saturated heterocycles. The second-order valence-corrected chi connectivity index (χ2v) is 4.62. The Hall–Kier alpha value is -3.35. The molecule has 0 spiro atoms. The van der Waals surface area contributed by atoms with Crippen molar-refractivity contribution >= 4 is 11.0 Å². The maximum absolute atomic E-state index is 12.1. The van der Waals surface area contributed by atoms with Crippen molar-refractivity contribution in [2.75, 3.05) is 0 Å². The van der Waals surface area contributed by atoms with Crippen LogP contribution in [0.15, 0.2) is 39.5 Å². The van der Waals surface area contributed by atoms with Crippen LogP contribution in [0.5, 0.6) is 28.7 Å². The summed E-state index contributed by atoms with van der Waals surface area (Å²) < 4.78 is 5.28. The van der Waals surface area contributed by atoms with Crippen molar-refractivity contribution in [3.05, 3.63) is 40.6 Å². The molecule has 1 aromatic heterocycles. The number of phenols is 4. The molecule has 0 aliphatic heterocycles. The summed E-state index contributed by atoms with van der Waals surface area (Å²) in [7, 11) is 0. The fourth-order valence-corrected chi connectivity index (χ4v) is 2.11. The first-order chi connectivity index (χ1) is 10.4. The molecule has 22 heavy (non-hydrogen) atoms. The summed E-state index contributed by atoms with van der Waals surface area (Å²) >= 11 is 0. The lowest BCUT2D eigenvalue weighted by Gasteiger charge is -2.09. The van der Waals surface area contributed by atoms with Crippen molar-refractivity contribution in [1.82, 2.24) is 0 Å². The van der Waals surface area contributed by atoms with E-state index in [1.165, 1.54) is 12.1 Å². The Labute approximate surface area is 122 Å². The molecule has 0 aliphatic rings. The number of hydrogen-bond donors (Lipinski definition) is 5. The molecule has 1 heterocycles. The Morgan fingerprint density at radius 2 is 1.50 bits per heavy atom. The van der Waals surface area contributed by atoms with Crippen LogP contribution in [0.2, 0.25) is 0 Å². The Kier molecular flexibility index (Phi) is 2.84. The van der Waals surface area contributed by atoms with Crippen LogP contribution in [-0.4, -0.2) is 25.5 Å². The SMILES string of the molecule is O=c1c(O)c(-c2cc(O)ccc2O)oc2c(O)c(O)ccc12. The van der Waals surface area contributed by atoms with Gasteiger partial charge in [0.25, 0.3) is 0 Å². The molecule has 112 valence electrons. The minimum atomic E-state index is -0.853. The second kappa shape index (κ2) is 4.59.